The quantitative estimate of drug-likeness (QED) is 0.781. The molecule has 6 heteroatoms. The van der Waals surface area contributed by atoms with E-state index in [4.69, 9.17) is 11.6 Å². The fourth-order valence-electron chi connectivity index (χ4n) is 1.87. The molecule has 0 saturated carbocycles. The average molecular weight is 291 g/mol. The van der Waals surface area contributed by atoms with Crippen molar-refractivity contribution in [2.45, 2.75) is 6.92 Å². The molecule has 19 heavy (non-hydrogen) atoms. The summed E-state index contributed by atoms with van der Waals surface area (Å²) in [4.78, 5) is 13.5. The number of hydrogen-bond acceptors (Lipinski definition) is 5. The molecule has 4 nitrogen and oxygen atoms in total. The second kappa shape index (κ2) is 4.75. The molecule has 2 heterocycles. The van der Waals surface area contributed by atoms with Gasteiger partial charge in [-0.3, -0.25) is 0 Å². The first kappa shape index (κ1) is 12.3. The van der Waals surface area contributed by atoms with Gasteiger partial charge in [0, 0.05) is 22.8 Å². The molecular weight excluding hydrogens is 280 g/mol. The molecule has 0 radical (unpaired) electrons. The molecule has 96 valence electrons. The van der Waals surface area contributed by atoms with Crippen molar-refractivity contribution in [1.82, 2.24) is 15.0 Å². The Kier molecular flexibility index (Phi) is 3.08. The van der Waals surface area contributed by atoms with E-state index in [0.717, 1.165) is 27.4 Å². The number of nitrogens with one attached hydrogen (secondary N) is 1. The van der Waals surface area contributed by atoms with Crippen LogP contribution in [0, 0.1) is 6.92 Å². The molecular formula is C13H11ClN4S. The molecule has 0 atom stereocenters. The summed E-state index contributed by atoms with van der Waals surface area (Å²) in [5.74, 6) is 1.39. The zero-order valence-corrected chi connectivity index (χ0v) is 12.0. The minimum absolute atomic E-state index is 0.614. The standard InChI is InChI=1S/C13H11ClN4S/c1-7-16-11(6-19-7)13-17-10-5-8(14)3-4-9(10)12(15-2)18-13/h3-6H,1-2H3,(H,15,17,18). The predicted octanol–water partition coefficient (Wildman–Crippen LogP) is 3.76. The molecule has 0 spiro atoms. The van der Waals surface area contributed by atoms with Crippen molar-refractivity contribution < 1.29 is 0 Å². The van der Waals surface area contributed by atoms with E-state index in [1.165, 1.54) is 0 Å². The van der Waals surface area contributed by atoms with E-state index in [1.807, 2.05) is 37.6 Å². The van der Waals surface area contributed by atoms with Gasteiger partial charge in [0.2, 0.25) is 0 Å². The zero-order chi connectivity index (χ0) is 13.4. The van der Waals surface area contributed by atoms with Crippen molar-refractivity contribution in [2.24, 2.45) is 0 Å². The van der Waals surface area contributed by atoms with Crippen LogP contribution in [0.15, 0.2) is 23.6 Å². The van der Waals surface area contributed by atoms with Crippen molar-refractivity contribution in [3.63, 3.8) is 0 Å². The Morgan fingerprint density at radius 2 is 2.05 bits per heavy atom. The van der Waals surface area contributed by atoms with Crippen LogP contribution < -0.4 is 5.32 Å². The largest absolute Gasteiger partial charge is 0.373 e. The van der Waals surface area contributed by atoms with Gasteiger partial charge in [0.1, 0.15) is 11.5 Å². The van der Waals surface area contributed by atoms with Crippen molar-refractivity contribution >= 4 is 39.7 Å². The lowest BCUT2D eigenvalue weighted by Gasteiger charge is -2.07. The predicted molar refractivity (Wildman–Crippen MR) is 79.9 cm³/mol. The number of anilines is 1. The Morgan fingerprint density at radius 3 is 2.74 bits per heavy atom. The molecule has 0 fully saturated rings. The van der Waals surface area contributed by atoms with Crippen LogP contribution in [0.5, 0.6) is 0 Å². The second-order valence-corrected chi connectivity index (χ2v) is 5.56. The van der Waals surface area contributed by atoms with E-state index in [0.29, 0.717) is 10.8 Å². The SMILES string of the molecule is CNc1nc(-c2csc(C)n2)nc2cc(Cl)ccc12. The number of rotatable bonds is 2. The number of thiazole rings is 1. The molecule has 0 amide bonds. The number of hydrogen-bond donors (Lipinski definition) is 1. The van der Waals surface area contributed by atoms with Crippen molar-refractivity contribution in [1.29, 1.82) is 0 Å². The van der Waals surface area contributed by atoms with E-state index >= 15 is 0 Å². The first-order chi connectivity index (χ1) is 9.17. The van der Waals surface area contributed by atoms with Gasteiger partial charge in [-0.15, -0.1) is 11.3 Å². The van der Waals surface area contributed by atoms with Gasteiger partial charge in [-0.25, -0.2) is 15.0 Å². The molecule has 1 aromatic carbocycles. The Labute approximate surface area is 119 Å². The smallest absolute Gasteiger partial charge is 0.181 e. The van der Waals surface area contributed by atoms with Crippen LogP contribution in [-0.2, 0) is 0 Å². The highest BCUT2D eigenvalue weighted by Gasteiger charge is 2.11. The summed E-state index contributed by atoms with van der Waals surface area (Å²) in [6, 6.07) is 5.59. The van der Waals surface area contributed by atoms with E-state index in [9.17, 15) is 0 Å². The minimum Gasteiger partial charge on any atom is -0.373 e. The van der Waals surface area contributed by atoms with Crippen LogP contribution in [0.1, 0.15) is 5.01 Å². The van der Waals surface area contributed by atoms with Crippen molar-refractivity contribution in [3.8, 4) is 11.5 Å². The van der Waals surface area contributed by atoms with Gasteiger partial charge < -0.3 is 5.32 Å². The summed E-state index contributed by atoms with van der Waals surface area (Å²) in [6.07, 6.45) is 0. The van der Waals surface area contributed by atoms with Gasteiger partial charge in [0.25, 0.3) is 0 Å². The Morgan fingerprint density at radius 1 is 1.21 bits per heavy atom. The van der Waals surface area contributed by atoms with Crippen LogP contribution >= 0.6 is 22.9 Å². The number of aryl methyl sites for hydroxylation is 1. The van der Waals surface area contributed by atoms with Crippen molar-refractivity contribution in [2.75, 3.05) is 12.4 Å². The summed E-state index contributed by atoms with van der Waals surface area (Å²) in [6.45, 7) is 1.96. The van der Waals surface area contributed by atoms with Gasteiger partial charge in [0.05, 0.1) is 10.5 Å². The van der Waals surface area contributed by atoms with Gasteiger partial charge >= 0.3 is 0 Å². The van der Waals surface area contributed by atoms with E-state index in [2.05, 4.69) is 20.3 Å². The maximum atomic E-state index is 6.02. The monoisotopic (exact) mass is 290 g/mol. The fraction of sp³-hybridized carbons (Fsp3) is 0.154. The minimum atomic E-state index is 0.614. The lowest BCUT2D eigenvalue weighted by Crippen LogP contribution is -1.99. The molecule has 1 N–H and O–H groups in total. The third kappa shape index (κ3) is 2.27. The molecule has 0 aliphatic heterocycles. The maximum Gasteiger partial charge on any atom is 0.181 e. The molecule has 3 aromatic rings. The van der Waals surface area contributed by atoms with Gasteiger partial charge in [0.15, 0.2) is 5.82 Å². The lowest BCUT2D eigenvalue weighted by atomic mass is 10.2. The van der Waals surface area contributed by atoms with E-state index in [1.54, 1.807) is 11.3 Å². The van der Waals surface area contributed by atoms with Crippen LogP contribution in [0.4, 0.5) is 5.82 Å². The fourth-order valence-corrected chi connectivity index (χ4v) is 2.63. The third-order valence-electron chi connectivity index (χ3n) is 2.74. The van der Waals surface area contributed by atoms with Crippen LogP contribution in [0.3, 0.4) is 0 Å². The Balaban J connectivity index is 2.26. The van der Waals surface area contributed by atoms with Crippen LogP contribution in [0.25, 0.3) is 22.4 Å². The highest BCUT2D eigenvalue weighted by atomic mass is 35.5. The first-order valence-corrected chi connectivity index (χ1v) is 7.00. The van der Waals surface area contributed by atoms with Crippen LogP contribution in [0.2, 0.25) is 5.02 Å². The zero-order valence-electron chi connectivity index (χ0n) is 10.4. The highest BCUT2D eigenvalue weighted by molar-refractivity contribution is 7.09. The average Bonchev–Trinajstić information content (AvgIpc) is 2.83. The molecule has 0 aliphatic carbocycles. The molecule has 0 saturated heterocycles. The number of nitrogens with zero attached hydrogens (tertiary/aromatic N) is 3. The maximum absolute atomic E-state index is 6.02. The molecule has 3 rings (SSSR count). The van der Waals surface area contributed by atoms with E-state index in [-0.39, 0.29) is 0 Å². The lowest BCUT2D eigenvalue weighted by molar-refractivity contribution is 1.17. The molecule has 0 unspecified atom stereocenters. The molecule has 0 bridgehead atoms. The third-order valence-corrected chi connectivity index (χ3v) is 3.75. The Hall–Kier alpha value is -1.72. The first-order valence-electron chi connectivity index (χ1n) is 5.75. The number of aromatic nitrogens is 3. The normalized spacial score (nSPS) is 10.9. The summed E-state index contributed by atoms with van der Waals surface area (Å²) >= 11 is 7.61. The number of benzene rings is 1. The Bertz CT molecular complexity index is 753. The van der Waals surface area contributed by atoms with Crippen molar-refractivity contribution in [3.05, 3.63) is 33.6 Å². The molecule has 2 aromatic heterocycles. The van der Waals surface area contributed by atoms with Gasteiger partial charge in [-0.2, -0.15) is 0 Å². The summed E-state index contributed by atoms with van der Waals surface area (Å²) < 4.78 is 0. The van der Waals surface area contributed by atoms with Crippen LogP contribution in [-0.4, -0.2) is 22.0 Å². The summed E-state index contributed by atoms with van der Waals surface area (Å²) in [5.41, 5.74) is 1.60. The van der Waals surface area contributed by atoms with E-state index < -0.39 is 0 Å². The molecule has 0 aliphatic rings. The summed E-state index contributed by atoms with van der Waals surface area (Å²) in [5, 5.41) is 7.65. The van der Waals surface area contributed by atoms with Gasteiger partial charge in [-0.1, -0.05) is 11.6 Å². The second-order valence-electron chi connectivity index (χ2n) is 4.06. The summed E-state index contributed by atoms with van der Waals surface area (Å²) in [7, 11) is 1.84. The van der Waals surface area contributed by atoms with Gasteiger partial charge in [-0.05, 0) is 25.1 Å². The number of fused-ring (bicyclic) bond motifs is 1. The highest BCUT2D eigenvalue weighted by Crippen LogP contribution is 2.27. The topological polar surface area (TPSA) is 50.7 Å². The number of halogens is 1.